The normalized spacial score (nSPS) is 16.6. The highest BCUT2D eigenvalue weighted by molar-refractivity contribution is 7.98. The molecule has 6 heteroatoms. The third kappa shape index (κ3) is 5.19. The first kappa shape index (κ1) is 14.2. The molecule has 0 amide bonds. The van der Waals surface area contributed by atoms with Crippen LogP contribution in [-0.4, -0.2) is 45.3 Å². The van der Waals surface area contributed by atoms with E-state index in [4.69, 9.17) is 0 Å². The predicted octanol–water partition coefficient (Wildman–Crippen LogP) is 0.265. The molecule has 2 unspecified atom stereocenters. The molecule has 0 fully saturated rings. The lowest BCUT2D eigenvalue weighted by molar-refractivity contribution is 0.554. The van der Waals surface area contributed by atoms with Gasteiger partial charge in [0.05, 0.1) is 5.25 Å². The molecular formula is C8H20N2O2S2. The van der Waals surface area contributed by atoms with Crippen LogP contribution < -0.4 is 10.0 Å². The van der Waals surface area contributed by atoms with Crippen LogP contribution in [0.4, 0.5) is 0 Å². The quantitative estimate of drug-likeness (QED) is 0.670. The van der Waals surface area contributed by atoms with Crippen molar-refractivity contribution in [1.29, 1.82) is 0 Å². The molecular weight excluding hydrogens is 220 g/mol. The molecule has 0 saturated carbocycles. The fourth-order valence-corrected chi connectivity index (χ4v) is 3.03. The average Bonchev–Trinajstić information content (AvgIpc) is 2.03. The Bertz CT molecular complexity index is 242. The molecule has 14 heavy (non-hydrogen) atoms. The highest BCUT2D eigenvalue weighted by Crippen LogP contribution is 2.02. The van der Waals surface area contributed by atoms with Gasteiger partial charge in [-0.05, 0) is 27.2 Å². The highest BCUT2D eigenvalue weighted by Gasteiger charge is 2.21. The maximum atomic E-state index is 11.6. The molecule has 0 bridgehead atoms. The standard InChI is InChI=1S/C8H20N2O2S2/c1-7(6-13-4)10-14(11,12)8(2)5-9-3/h7-10H,5-6H2,1-4H3. The summed E-state index contributed by atoms with van der Waals surface area (Å²) in [4.78, 5) is 0. The van der Waals surface area contributed by atoms with Gasteiger partial charge < -0.3 is 5.32 Å². The van der Waals surface area contributed by atoms with Gasteiger partial charge in [-0.1, -0.05) is 0 Å². The van der Waals surface area contributed by atoms with Crippen molar-refractivity contribution < 1.29 is 8.42 Å². The first-order valence-corrected chi connectivity index (χ1v) is 7.52. The molecule has 0 aliphatic heterocycles. The predicted molar refractivity (Wildman–Crippen MR) is 63.3 cm³/mol. The second kappa shape index (κ2) is 6.66. The summed E-state index contributed by atoms with van der Waals surface area (Å²) in [5.74, 6) is 0.797. The fourth-order valence-electron chi connectivity index (χ4n) is 1.08. The van der Waals surface area contributed by atoms with E-state index in [0.717, 1.165) is 5.75 Å². The lowest BCUT2D eigenvalue weighted by atomic mass is 10.4. The van der Waals surface area contributed by atoms with E-state index in [-0.39, 0.29) is 6.04 Å². The Morgan fingerprint density at radius 3 is 2.36 bits per heavy atom. The van der Waals surface area contributed by atoms with Crippen molar-refractivity contribution in [2.45, 2.75) is 25.1 Å². The van der Waals surface area contributed by atoms with Crippen LogP contribution >= 0.6 is 11.8 Å². The summed E-state index contributed by atoms with van der Waals surface area (Å²) in [5.41, 5.74) is 0. The van der Waals surface area contributed by atoms with Crippen molar-refractivity contribution in [2.75, 3.05) is 25.6 Å². The first-order valence-electron chi connectivity index (χ1n) is 4.58. The Kier molecular flexibility index (Phi) is 6.76. The van der Waals surface area contributed by atoms with E-state index in [1.165, 1.54) is 0 Å². The van der Waals surface area contributed by atoms with Crippen LogP contribution in [0.25, 0.3) is 0 Å². The van der Waals surface area contributed by atoms with Gasteiger partial charge in [0, 0.05) is 18.3 Å². The summed E-state index contributed by atoms with van der Waals surface area (Å²) in [6.07, 6.45) is 1.96. The van der Waals surface area contributed by atoms with Gasteiger partial charge in [-0.25, -0.2) is 13.1 Å². The number of hydrogen-bond acceptors (Lipinski definition) is 4. The van der Waals surface area contributed by atoms with E-state index in [1.54, 1.807) is 25.7 Å². The molecule has 0 spiro atoms. The van der Waals surface area contributed by atoms with Gasteiger partial charge in [-0.15, -0.1) is 0 Å². The van der Waals surface area contributed by atoms with Crippen LogP contribution in [-0.2, 0) is 10.0 Å². The molecule has 0 heterocycles. The number of nitrogens with one attached hydrogen (secondary N) is 2. The van der Waals surface area contributed by atoms with Gasteiger partial charge in [-0.2, -0.15) is 11.8 Å². The van der Waals surface area contributed by atoms with Crippen LogP contribution in [0.15, 0.2) is 0 Å². The zero-order valence-corrected chi connectivity index (χ0v) is 10.8. The van der Waals surface area contributed by atoms with Gasteiger partial charge >= 0.3 is 0 Å². The van der Waals surface area contributed by atoms with E-state index in [1.807, 2.05) is 13.2 Å². The molecule has 0 aromatic carbocycles. The van der Waals surface area contributed by atoms with Gasteiger partial charge in [0.15, 0.2) is 0 Å². The topological polar surface area (TPSA) is 58.2 Å². The van der Waals surface area contributed by atoms with Gasteiger partial charge in [0.25, 0.3) is 0 Å². The van der Waals surface area contributed by atoms with Gasteiger partial charge in [-0.3, -0.25) is 0 Å². The Hall–Kier alpha value is 0.220. The maximum absolute atomic E-state index is 11.6. The summed E-state index contributed by atoms with van der Waals surface area (Å²) in [5, 5.41) is 2.46. The van der Waals surface area contributed by atoms with E-state index >= 15 is 0 Å². The number of rotatable bonds is 7. The number of hydrogen-bond donors (Lipinski definition) is 2. The number of sulfonamides is 1. The lowest BCUT2D eigenvalue weighted by Gasteiger charge is -2.17. The molecule has 2 N–H and O–H groups in total. The molecule has 0 aliphatic rings. The van der Waals surface area contributed by atoms with Crippen LogP contribution in [0.5, 0.6) is 0 Å². The summed E-state index contributed by atoms with van der Waals surface area (Å²) >= 11 is 1.63. The van der Waals surface area contributed by atoms with Crippen molar-refractivity contribution in [3.63, 3.8) is 0 Å². The molecule has 2 atom stereocenters. The Balaban J connectivity index is 4.19. The SMILES string of the molecule is CNCC(C)S(=O)(=O)NC(C)CSC. The van der Waals surface area contributed by atoms with Crippen molar-refractivity contribution in [3.05, 3.63) is 0 Å². The summed E-state index contributed by atoms with van der Waals surface area (Å²) < 4.78 is 25.9. The zero-order valence-electron chi connectivity index (χ0n) is 9.20. The first-order chi connectivity index (χ1) is 6.44. The second-order valence-corrected chi connectivity index (χ2v) is 6.43. The van der Waals surface area contributed by atoms with Crippen LogP contribution in [0.3, 0.4) is 0 Å². The molecule has 4 nitrogen and oxygen atoms in total. The summed E-state index contributed by atoms with van der Waals surface area (Å²) in [7, 11) is -1.42. The highest BCUT2D eigenvalue weighted by atomic mass is 32.2. The third-order valence-electron chi connectivity index (χ3n) is 1.80. The second-order valence-electron chi connectivity index (χ2n) is 3.39. The average molecular weight is 240 g/mol. The molecule has 0 rings (SSSR count). The summed E-state index contributed by atoms with van der Waals surface area (Å²) in [6, 6.07) is -0.00527. The van der Waals surface area contributed by atoms with Crippen molar-refractivity contribution >= 4 is 21.8 Å². The number of thioether (sulfide) groups is 1. The third-order valence-corrected chi connectivity index (χ3v) is 4.59. The Morgan fingerprint density at radius 2 is 1.93 bits per heavy atom. The minimum absolute atomic E-state index is 0.00527. The van der Waals surface area contributed by atoms with E-state index < -0.39 is 15.3 Å². The van der Waals surface area contributed by atoms with Crippen LogP contribution in [0.1, 0.15) is 13.8 Å². The molecule has 0 aliphatic carbocycles. The van der Waals surface area contributed by atoms with Gasteiger partial charge in [0.1, 0.15) is 0 Å². The Labute approximate surface area is 91.3 Å². The minimum Gasteiger partial charge on any atom is -0.318 e. The molecule has 0 aromatic heterocycles. The largest absolute Gasteiger partial charge is 0.318 e. The van der Waals surface area contributed by atoms with Crippen molar-refractivity contribution in [2.24, 2.45) is 0 Å². The fraction of sp³-hybridized carbons (Fsp3) is 1.00. The smallest absolute Gasteiger partial charge is 0.215 e. The molecule has 0 saturated heterocycles. The van der Waals surface area contributed by atoms with Gasteiger partial charge in [0.2, 0.25) is 10.0 Å². The Morgan fingerprint density at radius 1 is 1.36 bits per heavy atom. The lowest BCUT2D eigenvalue weighted by Crippen LogP contribution is -2.42. The monoisotopic (exact) mass is 240 g/mol. The van der Waals surface area contributed by atoms with Crippen LogP contribution in [0.2, 0.25) is 0 Å². The van der Waals surface area contributed by atoms with E-state index in [2.05, 4.69) is 10.0 Å². The van der Waals surface area contributed by atoms with E-state index in [9.17, 15) is 8.42 Å². The maximum Gasteiger partial charge on any atom is 0.215 e. The summed E-state index contributed by atoms with van der Waals surface area (Å²) in [6.45, 7) is 4.05. The minimum atomic E-state index is -3.17. The van der Waals surface area contributed by atoms with Crippen LogP contribution in [0, 0.1) is 0 Å². The van der Waals surface area contributed by atoms with Crippen molar-refractivity contribution in [3.8, 4) is 0 Å². The van der Waals surface area contributed by atoms with E-state index in [0.29, 0.717) is 6.54 Å². The zero-order chi connectivity index (χ0) is 11.2. The van der Waals surface area contributed by atoms with Crippen molar-refractivity contribution in [1.82, 2.24) is 10.0 Å². The molecule has 0 aromatic rings. The molecule has 0 radical (unpaired) electrons. The molecule has 86 valence electrons.